The predicted molar refractivity (Wildman–Crippen MR) is 92.6 cm³/mol. The van der Waals surface area contributed by atoms with Crippen LogP contribution in [-0.2, 0) is 29.1 Å². The summed E-state index contributed by atoms with van der Waals surface area (Å²) in [6.45, 7) is 6.36. The minimum absolute atomic E-state index is 0.134. The van der Waals surface area contributed by atoms with Gasteiger partial charge in [-0.2, -0.15) is 5.10 Å². The Morgan fingerprint density at radius 3 is 2.96 bits per heavy atom. The second kappa shape index (κ2) is 6.88. The van der Waals surface area contributed by atoms with Crippen LogP contribution in [-0.4, -0.2) is 21.6 Å². The number of halogens is 1. The Labute approximate surface area is 144 Å². The minimum atomic E-state index is -0.570. The van der Waals surface area contributed by atoms with E-state index in [1.807, 2.05) is 13.1 Å². The number of amides is 2. The molecule has 2 aromatic rings. The molecule has 1 aromatic heterocycles. The maximum absolute atomic E-state index is 14.6. The van der Waals surface area contributed by atoms with Crippen LogP contribution in [0.15, 0.2) is 37.2 Å². The Morgan fingerprint density at radius 1 is 1.48 bits per heavy atom. The van der Waals surface area contributed by atoms with Crippen molar-refractivity contribution in [3.8, 4) is 0 Å². The van der Waals surface area contributed by atoms with E-state index in [9.17, 15) is 14.0 Å². The number of nitrogens with zero attached hydrogens (tertiary/aromatic N) is 3. The van der Waals surface area contributed by atoms with Gasteiger partial charge in [0.15, 0.2) is 0 Å². The van der Waals surface area contributed by atoms with E-state index in [1.165, 1.54) is 11.0 Å². The van der Waals surface area contributed by atoms with Crippen molar-refractivity contribution < 1.29 is 14.0 Å². The number of nitrogens with one attached hydrogen (secondary N) is 1. The van der Waals surface area contributed by atoms with Crippen LogP contribution < -0.4 is 10.2 Å². The smallest absolute Gasteiger partial charge is 0.250 e. The van der Waals surface area contributed by atoms with Crippen LogP contribution in [0.3, 0.4) is 0 Å². The van der Waals surface area contributed by atoms with Crippen LogP contribution in [0.1, 0.15) is 24.5 Å². The summed E-state index contributed by atoms with van der Waals surface area (Å²) in [4.78, 5) is 25.1. The van der Waals surface area contributed by atoms with Crippen molar-refractivity contribution in [2.24, 2.45) is 0 Å². The molecule has 3 rings (SSSR count). The van der Waals surface area contributed by atoms with E-state index < -0.39 is 11.7 Å². The monoisotopic (exact) mass is 342 g/mol. The molecule has 0 unspecified atom stereocenters. The zero-order chi connectivity index (χ0) is 18.0. The lowest BCUT2D eigenvalue weighted by atomic mass is 10.0. The van der Waals surface area contributed by atoms with E-state index in [2.05, 4.69) is 17.0 Å². The molecule has 0 fully saturated rings. The van der Waals surface area contributed by atoms with Gasteiger partial charge in [0.05, 0.1) is 18.4 Å². The summed E-state index contributed by atoms with van der Waals surface area (Å²) >= 11 is 0. The van der Waals surface area contributed by atoms with E-state index in [0.717, 1.165) is 17.2 Å². The Balaban J connectivity index is 1.97. The molecule has 0 saturated carbocycles. The SMILES string of the molecule is C=CC(=O)N(Cc1cnn(CC)c1)c1cc2c(cc1F)NC(=O)CC2. The van der Waals surface area contributed by atoms with E-state index in [0.29, 0.717) is 25.1 Å². The van der Waals surface area contributed by atoms with Gasteiger partial charge < -0.3 is 10.2 Å². The van der Waals surface area contributed by atoms with Crippen LogP contribution in [0.5, 0.6) is 0 Å². The van der Waals surface area contributed by atoms with Gasteiger partial charge in [-0.3, -0.25) is 14.3 Å². The molecule has 0 atom stereocenters. The molecule has 1 aromatic carbocycles. The summed E-state index contributed by atoms with van der Waals surface area (Å²) in [5.74, 6) is -1.10. The van der Waals surface area contributed by atoms with Crippen LogP contribution in [0.2, 0.25) is 0 Å². The largest absolute Gasteiger partial charge is 0.326 e. The molecular formula is C18H19FN4O2. The topological polar surface area (TPSA) is 67.2 Å². The summed E-state index contributed by atoms with van der Waals surface area (Å²) in [6, 6.07) is 2.89. The fourth-order valence-corrected chi connectivity index (χ4v) is 2.83. The highest BCUT2D eigenvalue weighted by Crippen LogP contribution is 2.31. The lowest BCUT2D eigenvalue weighted by Gasteiger charge is -2.24. The maximum atomic E-state index is 14.6. The van der Waals surface area contributed by atoms with Crippen molar-refractivity contribution in [1.82, 2.24) is 9.78 Å². The molecule has 0 radical (unpaired) electrons. The van der Waals surface area contributed by atoms with Crippen LogP contribution in [0.25, 0.3) is 0 Å². The molecule has 0 saturated heterocycles. The van der Waals surface area contributed by atoms with Gasteiger partial charge in [-0.1, -0.05) is 6.58 Å². The van der Waals surface area contributed by atoms with Crippen LogP contribution >= 0.6 is 0 Å². The third kappa shape index (κ3) is 3.45. The molecule has 1 aliphatic heterocycles. The Hall–Kier alpha value is -2.96. The highest BCUT2D eigenvalue weighted by Gasteiger charge is 2.23. The summed E-state index contributed by atoms with van der Waals surface area (Å²) in [5, 5.41) is 6.83. The molecule has 6 nitrogen and oxygen atoms in total. The van der Waals surface area contributed by atoms with E-state index >= 15 is 0 Å². The van der Waals surface area contributed by atoms with Gasteiger partial charge in [-0.25, -0.2) is 4.39 Å². The van der Waals surface area contributed by atoms with Crippen molar-refractivity contribution in [3.05, 3.63) is 54.1 Å². The molecule has 0 aliphatic carbocycles. The number of benzene rings is 1. The number of fused-ring (bicyclic) bond motifs is 1. The second-order valence-electron chi connectivity index (χ2n) is 5.84. The Kier molecular flexibility index (Phi) is 4.65. The molecule has 2 amide bonds. The molecule has 1 N–H and O–H groups in total. The Bertz CT molecular complexity index is 844. The molecule has 25 heavy (non-hydrogen) atoms. The molecular weight excluding hydrogens is 323 g/mol. The first-order chi connectivity index (χ1) is 12.0. The van der Waals surface area contributed by atoms with Gasteiger partial charge >= 0.3 is 0 Å². The zero-order valence-electron chi connectivity index (χ0n) is 14.0. The summed E-state index contributed by atoms with van der Waals surface area (Å²) in [6.07, 6.45) is 5.49. The third-order valence-electron chi connectivity index (χ3n) is 4.15. The maximum Gasteiger partial charge on any atom is 0.250 e. The number of aromatic nitrogens is 2. The van der Waals surface area contributed by atoms with Crippen molar-refractivity contribution >= 4 is 23.2 Å². The quantitative estimate of drug-likeness (QED) is 0.850. The van der Waals surface area contributed by atoms with Gasteiger partial charge in [-0.15, -0.1) is 0 Å². The van der Waals surface area contributed by atoms with Gasteiger partial charge in [0.1, 0.15) is 5.82 Å². The minimum Gasteiger partial charge on any atom is -0.326 e. The van der Waals surface area contributed by atoms with Crippen LogP contribution in [0, 0.1) is 5.82 Å². The van der Waals surface area contributed by atoms with Crippen molar-refractivity contribution in [2.75, 3.05) is 10.2 Å². The van der Waals surface area contributed by atoms with Crippen molar-refractivity contribution in [2.45, 2.75) is 32.9 Å². The lowest BCUT2D eigenvalue weighted by Crippen LogP contribution is -2.30. The number of hydrogen-bond donors (Lipinski definition) is 1. The molecule has 0 bridgehead atoms. The number of aryl methyl sites for hydroxylation is 2. The van der Waals surface area contributed by atoms with Crippen molar-refractivity contribution in [3.63, 3.8) is 0 Å². The lowest BCUT2D eigenvalue weighted by molar-refractivity contribution is -0.116. The Morgan fingerprint density at radius 2 is 2.28 bits per heavy atom. The first-order valence-electron chi connectivity index (χ1n) is 8.09. The normalized spacial score (nSPS) is 13.1. The molecule has 0 spiro atoms. The number of anilines is 2. The van der Waals surface area contributed by atoms with Crippen LogP contribution in [0.4, 0.5) is 15.8 Å². The summed E-state index contributed by atoms with van der Waals surface area (Å²) < 4.78 is 16.4. The fraction of sp³-hybridized carbons (Fsp3) is 0.278. The van der Waals surface area contributed by atoms with Gasteiger partial charge in [0, 0.05) is 30.4 Å². The first-order valence-corrected chi connectivity index (χ1v) is 8.09. The molecule has 1 aliphatic rings. The first kappa shape index (κ1) is 16.9. The number of carbonyl (C=O) groups is 2. The molecule has 130 valence electrons. The standard InChI is InChI=1S/C18H19FN4O2/c1-3-18(25)23(11-12-9-20-22(4-2)10-12)16-7-13-5-6-17(24)21-15(13)8-14(16)19/h3,7-10H,1,4-6,11H2,2H3,(H,21,24). The second-order valence-corrected chi connectivity index (χ2v) is 5.84. The number of carbonyl (C=O) groups excluding carboxylic acids is 2. The van der Waals surface area contributed by atoms with E-state index in [4.69, 9.17) is 0 Å². The zero-order valence-corrected chi connectivity index (χ0v) is 14.0. The molecule has 2 heterocycles. The average Bonchev–Trinajstić information content (AvgIpc) is 3.06. The number of rotatable bonds is 5. The summed E-state index contributed by atoms with van der Waals surface area (Å²) in [5.41, 5.74) is 2.23. The van der Waals surface area contributed by atoms with Gasteiger partial charge in [0.2, 0.25) is 5.91 Å². The highest BCUT2D eigenvalue weighted by atomic mass is 19.1. The van der Waals surface area contributed by atoms with Crippen molar-refractivity contribution in [1.29, 1.82) is 0 Å². The number of hydrogen-bond acceptors (Lipinski definition) is 3. The average molecular weight is 342 g/mol. The van der Waals surface area contributed by atoms with Gasteiger partial charge in [-0.05, 0) is 37.1 Å². The fourth-order valence-electron chi connectivity index (χ4n) is 2.83. The molecule has 7 heteroatoms. The highest BCUT2D eigenvalue weighted by molar-refractivity contribution is 6.02. The van der Waals surface area contributed by atoms with Gasteiger partial charge in [0.25, 0.3) is 5.91 Å². The summed E-state index contributed by atoms with van der Waals surface area (Å²) in [7, 11) is 0. The third-order valence-corrected chi connectivity index (χ3v) is 4.15. The predicted octanol–water partition coefficient (Wildman–Crippen LogP) is 2.65. The van der Waals surface area contributed by atoms with E-state index in [-0.39, 0.29) is 18.1 Å². The van der Waals surface area contributed by atoms with E-state index in [1.54, 1.807) is 16.9 Å².